The van der Waals surface area contributed by atoms with E-state index in [-0.39, 0.29) is 10.6 Å². The van der Waals surface area contributed by atoms with Crippen molar-refractivity contribution < 1.29 is 8.78 Å². The third-order valence-corrected chi connectivity index (χ3v) is 4.40. The van der Waals surface area contributed by atoms with Crippen LogP contribution in [0.5, 0.6) is 0 Å². The predicted octanol–water partition coefficient (Wildman–Crippen LogP) is 5.05. The number of rotatable bonds is 2. The molecule has 1 atom stereocenters. The molecule has 0 heterocycles. The molecule has 106 valence electrons. The Balaban J connectivity index is 2.54. The minimum Gasteiger partial charge on any atom is -0.320 e. The van der Waals surface area contributed by atoms with Crippen molar-refractivity contribution in [2.24, 2.45) is 5.73 Å². The van der Waals surface area contributed by atoms with E-state index in [1.807, 2.05) is 26.0 Å². The standard InChI is InChI=1S/C15H13BrClF2N/c1-7-4-11(16)8(2)3-9(7)15(20)10-5-14(19)12(17)6-13(10)18/h3-6,15H,20H2,1-2H3. The Kier molecular flexibility index (Phi) is 4.47. The quantitative estimate of drug-likeness (QED) is 0.746. The largest absolute Gasteiger partial charge is 0.320 e. The molecule has 5 heteroatoms. The van der Waals surface area contributed by atoms with Crippen molar-refractivity contribution in [2.75, 3.05) is 0 Å². The molecule has 0 bridgehead atoms. The second-order valence-electron chi connectivity index (χ2n) is 4.72. The Labute approximate surface area is 129 Å². The van der Waals surface area contributed by atoms with Gasteiger partial charge in [-0.15, -0.1) is 0 Å². The highest BCUT2D eigenvalue weighted by molar-refractivity contribution is 9.10. The predicted molar refractivity (Wildman–Crippen MR) is 81.0 cm³/mol. The molecule has 0 aromatic heterocycles. The zero-order valence-electron chi connectivity index (χ0n) is 11.0. The van der Waals surface area contributed by atoms with Crippen molar-refractivity contribution >= 4 is 27.5 Å². The molecule has 1 unspecified atom stereocenters. The molecule has 0 amide bonds. The van der Waals surface area contributed by atoms with E-state index < -0.39 is 17.7 Å². The molecule has 20 heavy (non-hydrogen) atoms. The Hall–Kier alpha value is -0.970. The van der Waals surface area contributed by atoms with Crippen LogP contribution >= 0.6 is 27.5 Å². The van der Waals surface area contributed by atoms with Gasteiger partial charge in [0.2, 0.25) is 0 Å². The first-order valence-electron chi connectivity index (χ1n) is 5.98. The maximum absolute atomic E-state index is 13.9. The van der Waals surface area contributed by atoms with E-state index in [9.17, 15) is 8.78 Å². The van der Waals surface area contributed by atoms with Gasteiger partial charge in [0.15, 0.2) is 0 Å². The highest BCUT2D eigenvalue weighted by Crippen LogP contribution is 2.31. The molecule has 2 rings (SSSR count). The molecule has 0 aliphatic carbocycles. The highest BCUT2D eigenvalue weighted by atomic mass is 79.9. The monoisotopic (exact) mass is 359 g/mol. The zero-order valence-corrected chi connectivity index (χ0v) is 13.3. The third-order valence-electron chi connectivity index (χ3n) is 3.26. The Morgan fingerprint density at radius 3 is 2.30 bits per heavy atom. The summed E-state index contributed by atoms with van der Waals surface area (Å²) in [4.78, 5) is 0. The minimum atomic E-state index is -0.742. The molecular weight excluding hydrogens is 348 g/mol. The normalized spacial score (nSPS) is 12.6. The molecule has 2 aromatic carbocycles. The Morgan fingerprint density at radius 2 is 1.65 bits per heavy atom. The van der Waals surface area contributed by atoms with Crippen LogP contribution in [0.1, 0.15) is 28.3 Å². The van der Waals surface area contributed by atoms with Crippen LogP contribution in [0.3, 0.4) is 0 Å². The maximum atomic E-state index is 13.9. The van der Waals surface area contributed by atoms with Gasteiger partial charge in [-0.05, 0) is 48.7 Å². The Bertz CT molecular complexity index is 616. The topological polar surface area (TPSA) is 26.0 Å². The summed E-state index contributed by atoms with van der Waals surface area (Å²) in [5.74, 6) is -1.28. The van der Waals surface area contributed by atoms with Crippen molar-refractivity contribution in [2.45, 2.75) is 19.9 Å². The van der Waals surface area contributed by atoms with Gasteiger partial charge in [-0.1, -0.05) is 33.6 Å². The SMILES string of the molecule is Cc1cc(C(N)c2cc(F)c(Cl)cc2F)c(C)cc1Br. The summed E-state index contributed by atoms with van der Waals surface area (Å²) in [6.07, 6.45) is 0. The fourth-order valence-electron chi connectivity index (χ4n) is 2.08. The van der Waals surface area contributed by atoms with Gasteiger partial charge >= 0.3 is 0 Å². The van der Waals surface area contributed by atoms with Crippen LogP contribution in [0.25, 0.3) is 0 Å². The summed E-state index contributed by atoms with van der Waals surface area (Å²) in [6.45, 7) is 3.79. The molecule has 0 radical (unpaired) electrons. The lowest BCUT2D eigenvalue weighted by atomic mass is 9.94. The van der Waals surface area contributed by atoms with Crippen LogP contribution in [-0.4, -0.2) is 0 Å². The first kappa shape index (κ1) is 15.4. The van der Waals surface area contributed by atoms with Crippen LogP contribution in [0.4, 0.5) is 8.78 Å². The molecule has 0 saturated carbocycles. The number of nitrogens with two attached hydrogens (primary N) is 1. The molecule has 2 aromatic rings. The molecule has 2 N–H and O–H groups in total. The van der Waals surface area contributed by atoms with Crippen LogP contribution in [0, 0.1) is 25.5 Å². The number of aryl methyl sites for hydroxylation is 2. The van der Waals surface area contributed by atoms with E-state index in [1.165, 1.54) is 0 Å². The molecule has 0 fully saturated rings. The summed E-state index contributed by atoms with van der Waals surface area (Å²) in [6, 6.07) is 5.05. The van der Waals surface area contributed by atoms with Crippen LogP contribution in [-0.2, 0) is 0 Å². The van der Waals surface area contributed by atoms with Gasteiger partial charge in [0, 0.05) is 10.0 Å². The molecule has 1 nitrogen and oxygen atoms in total. The third kappa shape index (κ3) is 2.87. The maximum Gasteiger partial charge on any atom is 0.142 e. The smallest absolute Gasteiger partial charge is 0.142 e. The van der Waals surface area contributed by atoms with Gasteiger partial charge < -0.3 is 5.73 Å². The number of benzene rings is 2. The van der Waals surface area contributed by atoms with Crippen LogP contribution in [0.15, 0.2) is 28.7 Å². The van der Waals surface area contributed by atoms with Crippen molar-refractivity contribution in [3.05, 3.63) is 67.6 Å². The van der Waals surface area contributed by atoms with Gasteiger partial charge in [-0.2, -0.15) is 0 Å². The second-order valence-corrected chi connectivity index (χ2v) is 5.99. The summed E-state index contributed by atoms with van der Waals surface area (Å²) in [5.41, 5.74) is 8.83. The van der Waals surface area contributed by atoms with Gasteiger partial charge in [0.25, 0.3) is 0 Å². The van der Waals surface area contributed by atoms with E-state index in [0.29, 0.717) is 0 Å². The molecule has 0 saturated heterocycles. The minimum absolute atomic E-state index is 0.0942. The van der Waals surface area contributed by atoms with Gasteiger partial charge in [-0.3, -0.25) is 0 Å². The Morgan fingerprint density at radius 1 is 1.00 bits per heavy atom. The lowest BCUT2D eigenvalue weighted by Gasteiger charge is -2.18. The lowest BCUT2D eigenvalue weighted by Crippen LogP contribution is -2.15. The molecular formula is C15H13BrClF2N. The van der Waals surface area contributed by atoms with Crippen LogP contribution < -0.4 is 5.73 Å². The molecule has 0 aliphatic heterocycles. The van der Waals surface area contributed by atoms with Gasteiger partial charge in [-0.25, -0.2) is 8.78 Å². The van der Waals surface area contributed by atoms with Crippen molar-refractivity contribution in [3.63, 3.8) is 0 Å². The van der Waals surface area contributed by atoms with Crippen LogP contribution in [0.2, 0.25) is 5.02 Å². The average Bonchev–Trinajstić information content (AvgIpc) is 2.37. The van der Waals surface area contributed by atoms with E-state index in [0.717, 1.165) is 33.3 Å². The summed E-state index contributed by atoms with van der Waals surface area (Å²) < 4.78 is 28.4. The average molecular weight is 361 g/mol. The second kappa shape index (κ2) is 5.80. The number of halogens is 4. The number of hydrogen-bond acceptors (Lipinski definition) is 1. The first-order chi connectivity index (χ1) is 9.31. The van der Waals surface area contributed by atoms with Crippen molar-refractivity contribution in [1.82, 2.24) is 0 Å². The number of hydrogen-bond donors (Lipinski definition) is 1. The van der Waals surface area contributed by atoms with Gasteiger partial charge in [0.1, 0.15) is 11.6 Å². The van der Waals surface area contributed by atoms with Crippen molar-refractivity contribution in [1.29, 1.82) is 0 Å². The highest BCUT2D eigenvalue weighted by Gasteiger charge is 2.19. The first-order valence-corrected chi connectivity index (χ1v) is 7.15. The van der Waals surface area contributed by atoms with Crippen molar-refractivity contribution in [3.8, 4) is 0 Å². The lowest BCUT2D eigenvalue weighted by molar-refractivity contribution is 0.576. The molecule has 0 aliphatic rings. The van der Waals surface area contributed by atoms with E-state index in [4.69, 9.17) is 17.3 Å². The van der Waals surface area contributed by atoms with Gasteiger partial charge in [0.05, 0.1) is 11.1 Å². The summed E-state index contributed by atoms with van der Waals surface area (Å²) in [7, 11) is 0. The van der Waals surface area contributed by atoms with E-state index in [2.05, 4.69) is 15.9 Å². The molecule has 0 spiro atoms. The fraction of sp³-hybridized carbons (Fsp3) is 0.200. The van der Waals surface area contributed by atoms with E-state index >= 15 is 0 Å². The summed E-state index contributed by atoms with van der Waals surface area (Å²) in [5, 5.41) is -0.248. The van der Waals surface area contributed by atoms with E-state index in [1.54, 1.807) is 0 Å². The zero-order chi connectivity index (χ0) is 15.0. The fourth-order valence-corrected chi connectivity index (χ4v) is 2.69. The summed E-state index contributed by atoms with van der Waals surface area (Å²) >= 11 is 8.98.